The highest BCUT2D eigenvalue weighted by Gasteiger charge is 2.21. The third-order valence-corrected chi connectivity index (χ3v) is 6.78. The van der Waals surface area contributed by atoms with E-state index < -0.39 is 0 Å². The van der Waals surface area contributed by atoms with E-state index in [-0.39, 0.29) is 11.9 Å². The van der Waals surface area contributed by atoms with E-state index in [4.69, 9.17) is 17.2 Å². The number of fused-ring (bicyclic) bond motifs is 3. The second-order valence-corrected chi connectivity index (χ2v) is 9.84. The Labute approximate surface area is 210 Å². The topological polar surface area (TPSA) is 95.1 Å². The van der Waals surface area contributed by atoms with Crippen LogP contribution in [0.4, 0.5) is 17.3 Å². The number of pyridine rings is 1. The zero-order valence-electron chi connectivity index (χ0n) is 20.2. The molecule has 9 heteroatoms. The van der Waals surface area contributed by atoms with Crippen molar-refractivity contribution < 1.29 is 4.79 Å². The van der Waals surface area contributed by atoms with Gasteiger partial charge in [0.1, 0.15) is 5.69 Å². The number of anilines is 3. The van der Waals surface area contributed by atoms with Crippen molar-refractivity contribution in [2.24, 2.45) is 0 Å². The average Bonchev–Trinajstić information content (AvgIpc) is 2.96. The first-order chi connectivity index (χ1) is 16.9. The summed E-state index contributed by atoms with van der Waals surface area (Å²) in [5.41, 5.74) is 6.81. The molecule has 0 atom stereocenters. The number of piperidine rings is 1. The summed E-state index contributed by atoms with van der Waals surface area (Å²) in [5, 5.41) is 9.72. The summed E-state index contributed by atoms with van der Waals surface area (Å²) in [6.07, 6.45) is 4.32. The molecule has 1 saturated heterocycles. The number of nitrogens with zero attached hydrogens (tertiary/aromatic N) is 4. The summed E-state index contributed by atoms with van der Waals surface area (Å²) in [5.74, 6) is 0.336. The molecule has 1 aromatic carbocycles. The van der Waals surface area contributed by atoms with E-state index in [1.807, 2.05) is 19.2 Å². The van der Waals surface area contributed by atoms with E-state index in [0.29, 0.717) is 23.8 Å². The molecule has 5 rings (SSSR count). The van der Waals surface area contributed by atoms with Crippen molar-refractivity contribution in [2.45, 2.75) is 39.2 Å². The molecule has 0 radical (unpaired) electrons. The van der Waals surface area contributed by atoms with Gasteiger partial charge in [0.05, 0.1) is 22.1 Å². The zero-order valence-corrected chi connectivity index (χ0v) is 21.0. The van der Waals surface area contributed by atoms with Crippen LogP contribution in [-0.2, 0) is 6.42 Å². The number of rotatable bonds is 4. The van der Waals surface area contributed by atoms with Crippen LogP contribution in [0.25, 0.3) is 11.3 Å². The highest BCUT2D eigenvalue weighted by Crippen LogP contribution is 2.34. The number of benzene rings is 1. The monoisotopic (exact) mass is 487 g/mol. The van der Waals surface area contributed by atoms with Crippen molar-refractivity contribution in [2.75, 3.05) is 30.8 Å². The summed E-state index contributed by atoms with van der Waals surface area (Å²) < 4.78 is 0. The van der Waals surface area contributed by atoms with E-state index >= 15 is 0 Å². The first-order valence-corrected chi connectivity index (χ1v) is 12.3. The molecule has 0 bridgehead atoms. The lowest BCUT2D eigenvalue weighted by Gasteiger charge is -2.29. The van der Waals surface area contributed by atoms with Gasteiger partial charge >= 0.3 is 0 Å². The smallest absolute Gasteiger partial charge is 0.270 e. The minimum absolute atomic E-state index is 0.133. The molecule has 1 amide bonds. The van der Waals surface area contributed by atoms with Gasteiger partial charge in [0.25, 0.3) is 5.91 Å². The summed E-state index contributed by atoms with van der Waals surface area (Å²) in [7, 11) is 2.11. The molecule has 8 nitrogen and oxygen atoms in total. The zero-order chi connectivity index (χ0) is 24.5. The van der Waals surface area contributed by atoms with Crippen LogP contribution in [0.5, 0.6) is 0 Å². The summed E-state index contributed by atoms with van der Waals surface area (Å²) in [4.78, 5) is 29.6. The van der Waals surface area contributed by atoms with Gasteiger partial charge < -0.3 is 20.9 Å². The number of aryl methyl sites for hydroxylation is 2. The van der Waals surface area contributed by atoms with Crippen molar-refractivity contribution in [3.8, 4) is 11.3 Å². The Hall–Kier alpha value is -3.43. The fourth-order valence-corrected chi connectivity index (χ4v) is 4.78. The molecule has 3 N–H and O–H groups in total. The molecule has 0 aliphatic carbocycles. The fraction of sp³-hybridized carbons (Fsp3) is 0.346. The molecule has 0 saturated carbocycles. The number of amides is 1. The van der Waals surface area contributed by atoms with Crippen molar-refractivity contribution in [3.63, 3.8) is 0 Å². The average molecular weight is 488 g/mol. The van der Waals surface area contributed by atoms with Gasteiger partial charge in [-0.2, -0.15) is 0 Å². The van der Waals surface area contributed by atoms with Crippen LogP contribution in [0, 0.1) is 13.8 Å². The number of thiocarbonyl (C=S) groups is 1. The minimum atomic E-state index is -0.133. The van der Waals surface area contributed by atoms with Crippen LogP contribution >= 0.6 is 12.2 Å². The van der Waals surface area contributed by atoms with Gasteiger partial charge in [0, 0.05) is 35.5 Å². The second-order valence-electron chi connectivity index (χ2n) is 9.35. The van der Waals surface area contributed by atoms with Crippen LogP contribution in [0.2, 0.25) is 0 Å². The summed E-state index contributed by atoms with van der Waals surface area (Å²) in [6.45, 7) is 5.91. The van der Waals surface area contributed by atoms with Crippen molar-refractivity contribution >= 4 is 40.4 Å². The Morgan fingerprint density at radius 1 is 1.14 bits per heavy atom. The van der Waals surface area contributed by atoms with Crippen molar-refractivity contribution in [1.82, 2.24) is 25.2 Å². The van der Waals surface area contributed by atoms with E-state index in [1.54, 1.807) is 6.07 Å². The standard InChI is InChI=1S/C26H29N7OS/c1-15-4-5-19-22(12-15)30-23(35)13-17-14-27-26(32-24(17)19)31-20-6-7-21(28-16(20)2)25(34)29-18-8-10-33(3)11-9-18/h4-7,12,14,18H,8-11,13H2,1-3H3,(H,29,34)(H,30,35)(H,27,31,32). The van der Waals surface area contributed by atoms with Gasteiger partial charge in [0.15, 0.2) is 0 Å². The van der Waals surface area contributed by atoms with Crippen LogP contribution in [0.1, 0.15) is 40.2 Å². The predicted molar refractivity (Wildman–Crippen MR) is 142 cm³/mol. The Bertz CT molecular complexity index is 1300. The normalized spacial score (nSPS) is 16.0. The molecule has 2 aliphatic rings. The minimum Gasteiger partial charge on any atom is -0.349 e. The molecule has 2 aliphatic heterocycles. The SMILES string of the molecule is Cc1ccc2c(c1)NC(=S)Cc1cnc(Nc3ccc(C(=O)NC4CCN(C)CC4)nc3C)nc1-2. The molecule has 2 aromatic heterocycles. The third-order valence-electron chi connectivity index (χ3n) is 6.54. The third kappa shape index (κ3) is 5.16. The molecule has 180 valence electrons. The summed E-state index contributed by atoms with van der Waals surface area (Å²) >= 11 is 5.51. The van der Waals surface area contributed by atoms with Gasteiger partial charge in [0.2, 0.25) is 5.95 Å². The van der Waals surface area contributed by atoms with Crippen LogP contribution in [-0.4, -0.2) is 56.9 Å². The van der Waals surface area contributed by atoms with E-state index in [2.05, 4.69) is 63.0 Å². The number of nitrogens with one attached hydrogen (secondary N) is 3. The Balaban J connectivity index is 1.35. The first kappa shape index (κ1) is 23.3. The molecule has 0 unspecified atom stereocenters. The Morgan fingerprint density at radius 3 is 2.71 bits per heavy atom. The molecule has 1 fully saturated rings. The number of carbonyl (C=O) groups excluding carboxylic acids is 1. The Kier molecular flexibility index (Phi) is 6.44. The lowest BCUT2D eigenvalue weighted by atomic mass is 10.0. The second kappa shape index (κ2) is 9.67. The number of hydrogen-bond acceptors (Lipinski definition) is 7. The molecule has 4 heterocycles. The predicted octanol–water partition coefficient (Wildman–Crippen LogP) is 4.02. The lowest BCUT2D eigenvalue weighted by Crippen LogP contribution is -2.43. The van der Waals surface area contributed by atoms with E-state index in [0.717, 1.165) is 64.7 Å². The number of hydrogen-bond donors (Lipinski definition) is 3. The maximum Gasteiger partial charge on any atom is 0.270 e. The van der Waals surface area contributed by atoms with Gasteiger partial charge in [-0.25, -0.2) is 15.0 Å². The largest absolute Gasteiger partial charge is 0.349 e. The van der Waals surface area contributed by atoms with E-state index in [9.17, 15) is 4.79 Å². The summed E-state index contributed by atoms with van der Waals surface area (Å²) in [6, 6.07) is 10.00. The molecular weight excluding hydrogens is 458 g/mol. The first-order valence-electron chi connectivity index (χ1n) is 11.9. The van der Waals surface area contributed by atoms with E-state index in [1.165, 1.54) is 0 Å². The molecule has 3 aromatic rings. The number of aromatic nitrogens is 3. The highest BCUT2D eigenvalue weighted by atomic mass is 32.1. The molecular formula is C26H29N7OS. The van der Waals surface area contributed by atoms with Crippen LogP contribution in [0.15, 0.2) is 36.5 Å². The van der Waals surface area contributed by atoms with Crippen LogP contribution < -0.4 is 16.0 Å². The van der Waals surface area contributed by atoms with Crippen LogP contribution in [0.3, 0.4) is 0 Å². The fourth-order valence-electron chi connectivity index (χ4n) is 4.52. The van der Waals surface area contributed by atoms with Crippen molar-refractivity contribution in [3.05, 3.63) is 59.0 Å². The number of carbonyl (C=O) groups is 1. The Morgan fingerprint density at radius 2 is 1.94 bits per heavy atom. The number of likely N-dealkylation sites (tertiary alicyclic amines) is 1. The molecule has 35 heavy (non-hydrogen) atoms. The van der Waals surface area contributed by atoms with Gasteiger partial charge in [-0.15, -0.1) is 0 Å². The molecule has 0 spiro atoms. The van der Waals surface area contributed by atoms with Gasteiger partial charge in [-0.05, 0) is 70.6 Å². The maximum atomic E-state index is 12.7. The van der Waals surface area contributed by atoms with Gasteiger partial charge in [-0.1, -0.05) is 24.4 Å². The maximum absolute atomic E-state index is 12.7. The highest BCUT2D eigenvalue weighted by molar-refractivity contribution is 7.80. The lowest BCUT2D eigenvalue weighted by molar-refractivity contribution is 0.0911. The van der Waals surface area contributed by atoms with Crippen molar-refractivity contribution in [1.29, 1.82) is 0 Å². The van der Waals surface area contributed by atoms with Gasteiger partial charge in [-0.3, -0.25) is 4.79 Å². The quantitative estimate of drug-likeness (QED) is 0.475.